The number of benzene rings is 1. The van der Waals surface area contributed by atoms with Crippen molar-refractivity contribution in [3.05, 3.63) is 28.8 Å². The fourth-order valence-electron chi connectivity index (χ4n) is 2.51. The van der Waals surface area contributed by atoms with Gasteiger partial charge in [0.1, 0.15) is 0 Å². The maximum Gasteiger partial charge on any atom is 0.238 e. The Labute approximate surface area is 137 Å². The van der Waals surface area contributed by atoms with Crippen LogP contribution in [0.15, 0.2) is 18.2 Å². The van der Waals surface area contributed by atoms with E-state index in [1.54, 1.807) is 0 Å². The lowest BCUT2D eigenvalue weighted by Gasteiger charge is -2.34. The molecular formula is C15H23Cl2N3O. The van der Waals surface area contributed by atoms with Gasteiger partial charge >= 0.3 is 0 Å². The summed E-state index contributed by atoms with van der Waals surface area (Å²) in [5.74, 6) is 0.401. The Balaban J connectivity index is 0.00000220. The standard InChI is InChI=1S/C15H22ClN3O.ClH/c1-10-3-4-14(12(16)7-10)18-15(20)9-19-6-5-13(17)11(2)8-19;/h3-4,7,11,13H,5-6,8-9,17H2,1-2H3,(H,18,20);1H. The minimum Gasteiger partial charge on any atom is -0.327 e. The molecular weight excluding hydrogens is 309 g/mol. The van der Waals surface area contributed by atoms with Crippen molar-refractivity contribution in [3.8, 4) is 0 Å². The molecule has 1 amide bonds. The molecule has 1 heterocycles. The van der Waals surface area contributed by atoms with E-state index in [9.17, 15) is 4.79 Å². The van der Waals surface area contributed by atoms with Gasteiger partial charge in [0.05, 0.1) is 17.3 Å². The van der Waals surface area contributed by atoms with E-state index in [1.807, 2.05) is 25.1 Å². The van der Waals surface area contributed by atoms with E-state index in [1.165, 1.54) is 0 Å². The Kier molecular flexibility index (Phi) is 6.94. The van der Waals surface area contributed by atoms with Crippen LogP contribution in [0.4, 0.5) is 5.69 Å². The zero-order valence-corrected chi connectivity index (χ0v) is 14.0. The van der Waals surface area contributed by atoms with E-state index < -0.39 is 0 Å². The molecule has 2 unspecified atom stereocenters. The lowest BCUT2D eigenvalue weighted by molar-refractivity contribution is -0.117. The minimum atomic E-state index is -0.0292. The average Bonchev–Trinajstić information content (AvgIpc) is 2.37. The van der Waals surface area contributed by atoms with Gasteiger partial charge in [0.2, 0.25) is 5.91 Å². The Hall–Kier alpha value is -0.810. The number of piperidine rings is 1. The number of likely N-dealkylation sites (tertiary alicyclic amines) is 1. The summed E-state index contributed by atoms with van der Waals surface area (Å²) in [6, 6.07) is 5.87. The van der Waals surface area contributed by atoms with Crippen molar-refractivity contribution in [2.75, 3.05) is 25.0 Å². The van der Waals surface area contributed by atoms with Crippen LogP contribution in [0.1, 0.15) is 18.9 Å². The van der Waals surface area contributed by atoms with Gasteiger partial charge in [-0.25, -0.2) is 0 Å². The van der Waals surface area contributed by atoms with Gasteiger partial charge in [0, 0.05) is 19.1 Å². The smallest absolute Gasteiger partial charge is 0.238 e. The Morgan fingerprint density at radius 3 is 2.86 bits per heavy atom. The lowest BCUT2D eigenvalue weighted by atomic mass is 9.95. The monoisotopic (exact) mass is 331 g/mol. The molecule has 1 aromatic rings. The second kappa shape index (κ2) is 7.99. The zero-order valence-electron chi connectivity index (χ0n) is 12.4. The first kappa shape index (κ1) is 18.2. The van der Waals surface area contributed by atoms with Crippen LogP contribution in [0.25, 0.3) is 0 Å². The van der Waals surface area contributed by atoms with E-state index in [2.05, 4.69) is 17.1 Å². The fraction of sp³-hybridized carbons (Fsp3) is 0.533. The topological polar surface area (TPSA) is 58.4 Å². The zero-order chi connectivity index (χ0) is 14.7. The first-order valence-electron chi connectivity index (χ1n) is 6.99. The number of nitrogens with one attached hydrogen (secondary N) is 1. The molecule has 1 saturated heterocycles. The van der Waals surface area contributed by atoms with Crippen molar-refractivity contribution in [3.63, 3.8) is 0 Å². The lowest BCUT2D eigenvalue weighted by Crippen LogP contribution is -2.48. The highest BCUT2D eigenvalue weighted by Crippen LogP contribution is 2.22. The van der Waals surface area contributed by atoms with E-state index in [4.69, 9.17) is 17.3 Å². The second-order valence-electron chi connectivity index (χ2n) is 5.70. The summed E-state index contributed by atoms with van der Waals surface area (Å²) in [4.78, 5) is 14.2. The van der Waals surface area contributed by atoms with Gasteiger partial charge in [0.15, 0.2) is 0 Å². The summed E-state index contributed by atoms with van der Waals surface area (Å²) >= 11 is 6.11. The normalized spacial score (nSPS) is 22.5. The van der Waals surface area contributed by atoms with Crippen LogP contribution in [0.5, 0.6) is 0 Å². The molecule has 1 aromatic carbocycles. The highest BCUT2D eigenvalue weighted by Gasteiger charge is 2.24. The maximum absolute atomic E-state index is 12.1. The summed E-state index contributed by atoms with van der Waals surface area (Å²) in [5.41, 5.74) is 7.73. The average molecular weight is 332 g/mol. The molecule has 0 aromatic heterocycles. The Morgan fingerprint density at radius 1 is 1.52 bits per heavy atom. The quantitative estimate of drug-likeness (QED) is 0.895. The SMILES string of the molecule is Cc1ccc(NC(=O)CN2CCC(N)C(C)C2)c(Cl)c1.Cl. The van der Waals surface area contributed by atoms with Crippen LogP contribution in [0, 0.1) is 12.8 Å². The summed E-state index contributed by atoms with van der Waals surface area (Å²) in [6.45, 7) is 6.24. The van der Waals surface area contributed by atoms with Gasteiger partial charge in [-0.05, 0) is 37.0 Å². The number of hydrogen-bond donors (Lipinski definition) is 2. The molecule has 1 aliphatic heterocycles. The molecule has 1 fully saturated rings. The number of anilines is 1. The van der Waals surface area contributed by atoms with Crippen LogP contribution >= 0.6 is 24.0 Å². The van der Waals surface area contributed by atoms with Crippen LogP contribution in [-0.4, -0.2) is 36.5 Å². The number of nitrogens with zero attached hydrogens (tertiary/aromatic N) is 1. The van der Waals surface area contributed by atoms with Crippen molar-refractivity contribution >= 4 is 35.6 Å². The molecule has 4 nitrogen and oxygen atoms in total. The summed E-state index contributed by atoms with van der Waals surface area (Å²) in [6.07, 6.45) is 0.944. The fourth-order valence-corrected chi connectivity index (χ4v) is 2.79. The first-order chi connectivity index (χ1) is 9.45. The number of nitrogens with two attached hydrogens (primary N) is 1. The number of carbonyl (C=O) groups excluding carboxylic acids is 1. The summed E-state index contributed by atoms with van der Waals surface area (Å²) in [5, 5.41) is 3.44. The third kappa shape index (κ3) is 5.15. The number of halogens is 2. The highest BCUT2D eigenvalue weighted by atomic mass is 35.5. The Morgan fingerprint density at radius 2 is 2.24 bits per heavy atom. The molecule has 3 N–H and O–H groups in total. The largest absolute Gasteiger partial charge is 0.327 e. The van der Waals surface area contributed by atoms with Gasteiger partial charge < -0.3 is 11.1 Å². The number of rotatable bonds is 3. The van der Waals surface area contributed by atoms with E-state index >= 15 is 0 Å². The number of amides is 1. The number of carbonyl (C=O) groups is 1. The van der Waals surface area contributed by atoms with Crippen molar-refractivity contribution < 1.29 is 4.79 Å². The molecule has 0 aliphatic carbocycles. The van der Waals surface area contributed by atoms with Gasteiger partial charge in [-0.15, -0.1) is 12.4 Å². The number of hydrogen-bond acceptors (Lipinski definition) is 3. The maximum atomic E-state index is 12.1. The molecule has 6 heteroatoms. The van der Waals surface area contributed by atoms with Crippen molar-refractivity contribution in [1.29, 1.82) is 0 Å². The molecule has 21 heavy (non-hydrogen) atoms. The highest BCUT2D eigenvalue weighted by molar-refractivity contribution is 6.33. The summed E-state index contributed by atoms with van der Waals surface area (Å²) in [7, 11) is 0. The van der Waals surface area contributed by atoms with Crippen molar-refractivity contribution in [1.82, 2.24) is 4.90 Å². The van der Waals surface area contributed by atoms with E-state index in [0.717, 1.165) is 25.1 Å². The second-order valence-corrected chi connectivity index (χ2v) is 6.10. The molecule has 0 saturated carbocycles. The number of aryl methyl sites for hydroxylation is 1. The van der Waals surface area contributed by atoms with Gasteiger partial charge in [-0.1, -0.05) is 24.6 Å². The van der Waals surface area contributed by atoms with Crippen LogP contribution in [-0.2, 0) is 4.79 Å². The molecule has 1 aliphatic rings. The molecule has 0 bridgehead atoms. The first-order valence-corrected chi connectivity index (χ1v) is 7.37. The third-order valence-electron chi connectivity index (χ3n) is 3.82. The summed E-state index contributed by atoms with van der Waals surface area (Å²) < 4.78 is 0. The molecule has 2 atom stereocenters. The van der Waals surface area contributed by atoms with Gasteiger partial charge in [-0.3, -0.25) is 9.69 Å². The van der Waals surface area contributed by atoms with Crippen LogP contribution in [0.3, 0.4) is 0 Å². The molecule has 2 rings (SSSR count). The van der Waals surface area contributed by atoms with Crippen molar-refractivity contribution in [2.45, 2.75) is 26.3 Å². The molecule has 0 radical (unpaired) electrons. The predicted molar refractivity (Wildman–Crippen MR) is 90.3 cm³/mol. The van der Waals surface area contributed by atoms with E-state index in [0.29, 0.717) is 23.2 Å². The Bertz CT molecular complexity index is 496. The van der Waals surface area contributed by atoms with Crippen molar-refractivity contribution in [2.24, 2.45) is 11.7 Å². The van der Waals surface area contributed by atoms with Crippen LogP contribution in [0.2, 0.25) is 5.02 Å². The molecule has 0 spiro atoms. The minimum absolute atomic E-state index is 0. The van der Waals surface area contributed by atoms with E-state index in [-0.39, 0.29) is 24.4 Å². The van der Waals surface area contributed by atoms with Crippen LogP contribution < -0.4 is 11.1 Å². The van der Waals surface area contributed by atoms with Gasteiger partial charge in [-0.2, -0.15) is 0 Å². The van der Waals surface area contributed by atoms with Gasteiger partial charge in [0.25, 0.3) is 0 Å². The third-order valence-corrected chi connectivity index (χ3v) is 4.13. The predicted octanol–water partition coefficient (Wildman–Crippen LogP) is 2.68. The molecule has 118 valence electrons.